The number of hydrogen-bond acceptors (Lipinski definition) is 7. The molecule has 2 unspecified atom stereocenters. The first-order valence-electron chi connectivity index (χ1n) is 12.0. The summed E-state index contributed by atoms with van der Waals surface area (Å²) in [4.78, 5) is 28.3. The number of likely N-dealkylation sites (N-methyl/N-ethyl adjacent to an activating group) is 1. The van der Waals surface area contributed by atoms with Gasteiger partial charge in [-0.25, -0.2) is 0 Å². The van der Waals surface area contributed by atoms with Crippen LogP contribution in [0.15, 0.2) is 51.6 Å². The standard InChI is InChI=1S/C26H33NO7/c1-27(19-7-3-2-4-8-19)26(30)23-15-18(16-24(34-23)32-14-13-31-12-11-28)21-17-33-22-10-6-5-9-20(22)25(21)29/h5-6,9-10,15,17-19,24,28H,2-4,7-8,11-14,16H2,1H3. The molecule has 0 saturated heterocycles. The third kappa shape index (κ3) is 5.68. The highest BCUT2D eigenvalue weighted by Crippen LogP contribution is 2.32. The number of carbonyl (C=O) groups is 1. The average Bonchev–Trinajstić information content (AvgIpc) is 2.88. The molecule has 1 aromatic heterocycles. The summed E-state index contributed by atoms with van der Waals surface area (Å²) in [5, 5.41) is 9.35. The lowest BCUT2D eigenvalue weighted by Crippen LogP contribution is -2.41. The van der Waals surface area contributed by atoms with Crippen LogP contribution in [0, 0.1) is 0 Å². The summed E-state index contributed by atoms with van der Waals surface area (Å²) in [5.41, 5.74) is 0.870. The minimum absolute atomic E-state index is 0.0609. The fourth-order valence-corrected chi connectivity index (χ4v) is 4.69. The molecule has 8 heteroatoms. The number of para-hydroxylation sites is 1. The normalized spacial score (nSPS) is 21.2. The Balaban J connectivity index is 1.57. The average molecular weight is 472 g/mol. The van der Waals surface area contributed by atoms with Crippen LogP contribution in [0.3, 0.4) is 0 Å². The zero-order chi connectivity index (χ0) is 23.9. The van der Waals surface area contributed by atoms with Crippen LogP contribution in [0.4, 0.5) is 0 Å². The maximum Gasteiger partial charge on any atom is 0.288 e. The van der Waals surface area contributed by atoms with Crippen LogP contribution in [-0.4, -0.2) is 61.7 Å². The van der Waals surface area contributed by atoms with Gasteiger partial charge in [0.25, 0.3) is 5.91 Å². The first kappa shape index (κ1) is 24.4. The van der Waals surface area contributed by atoms with Gasteiger partial charge in [0, 0.05) is 31.0 Å². The fraction of sp³-hybridized carbons (Fsp3) is 0.538. The van der Waals surface area contributed by atoms with E-state index in [9.17, 15) is 9.59 Å². The lowest BCUT2D eigenvalue weighted by molar-refractivity contribution is -0.157. The van der Waals surface area contributed by atoms with Gasteiger partial charge in [-0.05, 0) is 31.1 Å². The molecule has 1 fully saturated rings. The topological polar surface area (TPSA) is 98.4 Å². The Morgan fingerprint density at radius 2 is 1.94 bits per heavy atom. The van der Waals surface area contributed by atoms with Gasteiger partial charge in [0.15, 0.2) is 11.2 Å². The van der Waals surface area contributed by atoms with Crippen LogP contribution >= 0.6 is 0 Å². The van der Waals surface area contributed by atoms with E-state index in [4.69, 9.17) is 23.7 Å². The van der Waals surface area contributed by atoms with E-state index in [1.807, 2.05) is 13.1 Å². The van der Waals surface area contributed by atoms with Gasteiger partial charge in [-0.3, -0.25) is 9.59 Å². The first-order valence-corrected chi connectivity index (χ1v) is 12.0. The number of fused-ring (bicyclic) bond motifs is 1. The number of aliphatic hydroxyl groups is 1. The smallest absolute Gasteiger partial charge is 0.288 e. The number of aliphatic hydroxyl groups excluding tert-OH is 1. The SMILES string of the molecule is CN(C(=O)C1=CC(c2coc3ccccc3c2=O)CC(OCCOCCO)O1)C1CCCCC1. The lowest BCUT2D eigenvalue weighted by atomic mass is 9.92. The van der Waals surface area contributed by atoms with Crippen molar-refractivity contribution in [3.63, 3.8) is 0 Å². The van der Waals surface area contributed by atoms with Crippen LogP contribution in [0.25, 0.3) is 11.0 Å². The summed E-state index contributed by atoms with van der Waals surface area (Å²) in [5.74, 6) is -0.401. The van der Waals surface area contributed by atoms with Crippen molar-refractivity contribution in [2.75, 3.05) is 33.5 Å². The number of rotatable bonds is 9. The Kier molecular flexibility index (Phi) is 8.37. The molecule has 1 N–H and O–H groups in total. The van der Waals surface area contributed by atoms with E-state index in [1.54, 1.807) is 29.2 Å². The van der Waals surface area contributed by atoms with E-state index in [0.29, 0.717) is 23.0 Å². The first-order chi connectivity index (χ1) is 16.6. The Morgan fingerprint density at radius 1 is 1.15 bits per heavy atom. The third-order valence-corrected chi connectivity index (χ3v) is 6.58. The number of allylic oxidation sites excluding steroid dienone is 1. The maximum atomic E-state index is 13.4. The summed E-state index contributed by atoms with van der Waals surface area (Å²) >= 11 is 0. The Bertz CT molecular complexity index is 1060. The highest BCUT2D eigenvalue weighted by Gasteiger charge is 2.33. The molecule has 2 heterocycles. The van der Waals surface area contributed by atoms with Gasteiger partial charge in [-0.15, -0.1) is 0 Å². The molecule has 0 bridgehead atoms. The Hall–Kier alpha value is -2.68. The second kappa shape index (κ2) is 11.6. The summed E-state index contributed by atoms with van der Waals surface area (Å²) in [6.07, 6.45) is 8.25. The molecule has 1 aliphatic heterocycles. The summed E-state index contributed by atoms with van der Waals surface area (Å²) in [6, 6.07) is 7.30. The molecule has 34 heavy (non-hydrogen) atoms. The molecule has 1 saturated carbocycles. The molecule has 1 aliphatic carbocycles. The zero-order valence-electron chi connectivity index (χ0n) is 19.6. The third-order valence-electron chi connectivity index (χ3n) is 6.58. The molecule has 1 amide bonds. The van der Waals surface area contributed by atoms with Crippen molar-refractivity contribution < 1.29 is 28.5 Å². The molecule has 184 valence electrons. The second-order valence-electron chi connectivity index (χ2n) is 8.85. The van der Waals surface area contributed by atoms with E-state index >= 15 is 0 Å². The van der Waals surface area contributed by atoms with Crippen molar-refractivity contribution in [1.29, 1.82) is 0 Å². The highest BCUT2D eigenvalue weighted by molar-refractivity contribution is 5.92. The molecule has 2 aromatic rings. The zero-order valence-corrected chi connectivity index (χ0v) is 19.6. The van der Waals surface area contributed by atoms with Gasteiger partial charge in [0.2, 0.25) is 6.29 Å². The molecule has 0 spiro atoms. The van der Waals surface area contributed by atoms with Crippen LogP contribution in [0.5, 0.6) is 0 Å². The molecule has 4 rings (SSSR count). The van der Waals surface area contributed by atoms with Gasteiger partial charge in [0.05, 0.1) is 38.1 Å². The van der Waals surface area contributed by atoms with Gasteiger partial charge >= 0.3 is 0 Å². The van der Waals surface area contributed by atoms with Crippen LogP contribution in [0.2, 0.25) is 0 Å². The lowest BCUT2D eigenvalue weighted by Gasteiger charge is -2.34. The number of benzene rings is 1. The summed E-state index contributed by atoms with van der Waals surface area (Å²) in [6.45, 7) is 0.696. The van der Waals surface area contributed by atoms with Crippen LogP contribution in [0.1, 0.15) is 50.0 Å². The quantitative estimate of drug-likeness (QED) is 0.560. The van der Waals surface area contributed by atoms with E-state index < -0.39 is 12.2 Å². The molecule has 0 radical (unpaired) electrons. The Morgan fingerprint density at radius 3 is 2.74 bits per heavy atom. The minimum Gasteiger partial charge on any atom is -0.464 e. The predicted octanol–water partition coefficient (Wildman–Crippen LogP) is 3.32. The number of ether oxygens (including phenoxy) is 3. The number of nitrogens with zero attached hydrogens (tertiary/aromatic N) is 1. The molecule has 2 atom stereocenters. The van der Waals surface area contributed by atoms with Crippen molar-refractivity contribution in [2.24, 2.45) is 0 Å². The van der Waals surface area contributed by atoms with Crippen molar-refractivity contribution >= 4 is 16.9 Å². The molecule has 1 aromatic carbocycles. The van der Waals surface area contributed by atoms with E-state index in [-0.39, 0.29) is 49.6 Å². The fourth-order valence-electron chi connectivity index (χ4n) is 4.69. The van der Waals surface area contributed by atoms with E-state index in [2.05, 4.69) is 0 Å². The maximum absolute atomic E-state index is 13.4. The summed E-state index contributed by atoms with van der Waals surface area (Å²) < 4.78 is 22.8. The van der Waals surface area contributed by atoms with Gasteiger partial charge in [-0.2, -0.15) is 0 Å². The van der Waals surface area contributed by atoms with Crippen molar-refractivity contribution in [2.45, 2.75) is 56.8 Å². The molecular formula is C26H33NO7. The Labute approximate surface area is 199 Å². The highest BCUT2D eigenvalue weighted by atomic mass is 16.7. The van der Waals surface area contributed by atoms with Crippen LogP contribution in [-0.2, 0) is 19.0 Å². The molecule has 8 nitrogen and oxygen atoms in total. The van der Waals surface area contributed by atoms with Gasteiger partial charge in [-0.1, -0.05) is 31.4 Å². The van der Waals surface area contributed by atoms with Crippen molar-refractivity contribution in [1.82, 2.24) is 4.90 Å². The molecule has 2 aliphatic rings. The monoisotopic (exact) mass is 471 g/mol. The van der Waals surface area contributed by atoms with Crippen LogP contribution < -0.4 is 5.43 Å². The van der Waals surface area contributed by atoms with E-state index in [1.165, 1.54) is 12.7 Å². The summed E-state index contributed by atoms with van der Waals surface area (Å²) in [7, 11) is 1.81. The molecular weight excluding hydrogens is 438 g/mol. The largest absolute Gasteiger partial charge is 0.464 e. The predicted molar refractivity (Wildman–Crippen MR) is 126 cm³/mol. The van der Waals surface area contributed by atoms with Gasteiger partial charge < -0.3 is 28.6 Å². The van der Waals surface area contributed by atoms with Crippen molar-refractivity contribution in [3.8, 4) is 0 Å². The number of carbonyl (C=O) groups excluding carboxylic acids is 1. The van der Waals surface area contributed by atoms with Gasteiger partial charge in [0.1, 0.15) is 5.58 Å². The number of amides is 1. The van der Waals surface area contributed by atoms with Crippen molar-refractivity contribution in [3.05, 3.63) is 58.2 Å². The second-order valence-corrected chi connectivity index (χ2v) is 8.85. The minimum atomic E-state index is -0.711. The van der Waals surface area contributed by atoms with E-state index in [0.717, 1.165) is 25.7 Å². The number of hydrogen-bond donors (Lipinski definition) is 1.